The zero-order valence-corrected chi connectivity index (χ0v) is 11.5. The summed E-state index contributed by atoms with van der Waals surface area (Å²) >= 11 is 0. The molecule has 0 spiro atoms. The molecule has 18 heavy (non-hydrogen) atoms. The molecular weight excluding hydrogens is 226 g/mol. The van der Waals surface area contributed by atoms with E-state index < -0.39 is 0 Å². The predicted octanol–water partition coefficient (Wildman–Crippen LogP) is 1.93. The smallest absolute Gasteiger partial charge is 0.0640 e. The van der Waals surface area contributed by atoms with Gasteiger partial charge in [-0.1, -0.05) is 26.7 Å². The molecule has 1 fully saturated rings. The minimum absolute atomic E-state index is 0.143. The molecule has 4 nitrogen and oxygen atoms in total. The molecule has 0 radical (unpaired) electrons. The van der Waals surface area contributed by atoms with Gasteiger partial charge < -0.3 is 10.4 Å². The first-order valence-electron chi connectivity index (χ1n) is 6.97. The lowest BCUT2D eigenvalue weighted by Gasteiger charge is -2.39. The third-order valence-electron chi connectivity index (χ3n) is 4.08. The lowest BCUT2D eigenvalue weighted by molar-refractivity contribution is 0.167. The van der Waals surface area contributed by atoms with Gasteiger partial charge in [0.05, 0.1) is 19.3 Å². The van der Waals surface area contributed by atoms with Crippen LogP contribution in [0.3, 0.4) is 0 Å². The third kappa shape index (κ3) is 3.33. The van der Waals surface area contributed by atoms with Crippen LogP contribution in [0.4, 0.5) is 0 Å². The van der Waals surface area contributed by atoms with Gasteiger partial charge in [-0.3, -0.25) is 4.68 Å². The second-order valence-corrected chi connectivity index (χ2v) is 6.00. The number of rotatable bonds is 5. The Labute approximate surface area is 109 Å². The molecule has 1 aliphatic carbocycles. The summed E-state index contributed by atoms with van der Waals surface area (Å²) in [6.45, 7) is 6.32. The molecule has 1 heterocycles. The molecule has 0 amide bonds. The van der Waals surface area contributed by atoms with Crippen LogP contribution in [0.15, 0.2) is 12.4 Å². The summed E-state index contributed by atoms with van der Waals surface area (Å²) in [5.41, 5.74) is 1.60. The van der Waals surface area contributed by atoms with Gasteiger partial charge >= 0.3 is 0 Å². The molecule has 0 bridgehead atoms. The minimum Gasteiger partial charge on any atom is -0.394 e. The molecule has 1 unspecified atom stereocenters. The number of aromatic nitrogens is 2. The Morgan fingerprint density at radius 1 is 1.50 bits per heavy atom. The molecule has 1 aliphatic rings. The quantitative estimate of drug-likeness (QED) is 0.841. The molecule has 1 aromatic heterocycles. The van der Waals surface area contributed by atoms with Gasteiger partial charge in [-0.05, 0) is 18.3 Å². The van der Waals surface area contributed by atoms with Gasteiger partial charge in [-0.15, -0.1) is 0 Å². The highest BCUT2D eigenvalue weighted by Gasteiger charge is 2.31. The monoisotopic (exact) mass is 251 g/mol. The summed E-state index contributed by atoms with van der Waals surface area (Å²) in [5, 5.41) is 16.7. The maximum absolute atomic E-state index is 8.85. The first-order chi connectivity index (χ1) is 8.62. The van der Waals surface area contributed by atoms with E-state index in [9.17, 15) is 0 Å². The summed E-state index contributed by atoms with van der Waals surface area (Å²) in [6.07, 6.45) is 9.19. The standard InChI is InChI=1S/C14H25N3O/c1-14(2)6-4-3-5-13(14)15-9-12-10-16-17(11-12)7-8-18/h10-11,13,15,18H,3-9H2,1-2H3. The van der Waals surface area contributed by atoms with Gasteiger partial charge in [0.15, 0.2) is 0 Å². The van der Waals surface area contributed by atoms with Crippen molar-refractivity contribution in [2.24, 2.45) is 5.41 Å². The maximum atomic E-state index is 8.85. The van der Waals surface area contributed by atoms with Crippen LogP contribution in [0, 0.1) is 5.41 Å². The highest BCUT2D eigenvalue weighted by atomic mass is 16.3. The largest absolute Gasteiger partial charge is 0.394 e. The van der Waals surface area contributed by atoms with E-state index in [4.69, 9.17) is 5.11 Å². The zero-order chi connectivity index (χ0) is 13.0. The summed E-state index contributed by atoms with van der Waals surface area (Å²) in [5.74, 6) is 0. The van der Waals surface area contributed by atoms with Gasteiger partial charge in [-0.25, -0.2) is 0 Å². The summed E-state index contributed by atoms with van der Waals surface area (Å²) in [6, 6.07) is 0.604. The molecule has 0 aromatic carbocycles. The highest BCUT2D eigenvalue weighted by Crippen LogP contribution is 2.35. The average molecular weight is 251 g/mol. The van der Waals surface area contributed by atoms with E-state index >= 15 is 0 Å². The van der Waals surface area contributed by atoms with E-state index in [1.165, 1.54) is 31.2 Å². The fourth-order valence-corrected chi connectivity index (χ4v) is 2.84. The van der Waals surface area contributed by atoms with E-state index in [0.717, 1.165) is 6.54 Å². The van der Waals surface area contributed by atoms with E-state index in [0.29, 0.717) is 18.0 Å². The minimum atomic E-state index is 0.143. The molecule has 2 N–H and O–H groups in total. The zero-order valence-electron chi connectivity index (χ0n) is 11.5. The Morgan fingerprint density at radius 3 is 3.06 bits per heavy atom. The second kappa shape index (κ2) is 5.85. The normalized spacial score (nSPS) is 23.2. The van der Waals surface area contributed by atoms with Crippen molar-refractivity contribution in [3.63, 3.8) is 0 Å². The Hall–Kier alpha value is -0.870. The molecule has 1 atom stereocenters. The van der Waals surface area contributed by atoms with Crippen LogP contribution in [0.2, 0.25) is 0 Å². The topological polar surface area (TPSA) is 50.1 Å². The third-order valence-corrected chi connectivity index (χ3v) is 4.08. The van der Waals surface area contributed by atoms with E-state index in [2.05, 4.69) is 24.3 Å². The molecule has 1 saturated carbocycles. The maximum Gasteiger partial charge on any atom is 0.0640 e. The Balaban J connectivity index is 1.86. The number of aliphatic hydroxyl groups excluding tert-OH is 1. The fourth-order valence-electron chi connectivity index (χ4n) is 2.84. The van der Waals surface area contributed by atoms with Crippen LogP contribution >= 0.6 is 0 Å². The fraction of sp³-hybridized carbons (Fsp3) is 0.786. The molecular formula is C14H25N3O. The van der Waals surface area contributed by atoms with Gasteiger partial charge in [0.25, 0.3) is 0 Å². The summed E-state index contributed by atoms with van der Waals surface area (Å²) in [4.78, 5) is 0. The number of nitrogens with one attached hydrogen (secondary N) is 1. The van der Waals surface area contributed by atoms with E-state index in [-0.39, 0.29) is 6.61 Å². The van der Waals surface area contributed by atoms with Crippen molar-refractivity contribution in [2.45, 2.75) is 58.7 Å². The van der Waals surface area contributed by atoms with Crippen molar-refractivity contribution < 1.29 is 5.11 Å². The predicted molar refractivity (Wildman–Crippen MR) is 72.2 cm³/mol. The van der Waals surface area contributed by atoms with Crippen molar-refractivity contribution in [3.8, 4) is 0 Å². The van der Waals surface area contributed by atoms with Crippen molar-refractivity contribution in [1.82, 2.24) is 15.1 Å². The molecule has 0 aliphatic heterocycles. The molecule has 4 heteroatoms. The van der Waals surface area contributed by atoms with Gasteiger partial charge in [0.1, 0.15) is 0 Å². The van der Waals surface area contributed by atoms with Crippen LogP contribution in [0.5, 0.6) is 0 Å². The van der Waals surface area contributed by atoms with Gasteiger partial charge in [0, 0.05) is 24.3 Å². The first-order valence-corrected chi connectivity index (χ1v) is 6.97. The van der Waals surface area contributed by atoms with Crippen LogP contribution in [0.1, 0.15) is 45.1 Å². The number of nitrogens with zero attached hydrogens (tertiary/aromatic N) is 2. The Morgan fingerprint density at radius 2 is 2.33 bits per heavy atom. The van der Waals surface area contributed by atoms with Crippen LogP contribution in [-0.4, -0.2) is 27.5 Å². The van der Waals surface area contributed by atoms with Crippen LogP contribution < -0.4 is 5.32 Å². The van der Waals surface area contributed by atoms with Crippen molar-refractivity contribution in [3.05, 3.63) is 18.0 Å². The van der Waals surface area contributed by atoms with Crippen molar-refractivity contribution in [1.29, 1.82) is 0 Å². The Kier molecular flexibility index (Phi) is 4.40. The average Bonchev–Trinajstić information content (AvgIpc) is 2.75. The van der Waals surface area contributed by atoms with Crippen LogP contribution in [-0.2, 0) is 13.1 Å². The summed E-state index contributed by atoms with van der Waals surface area (Å²) < 4.78 is 1.79. The van der Waals surface area contributed by atoms with E-state index in [1.54, 1.807) is 4.68 Å². The molecule has 0 saturated heterocycles. The molecule has 102 valence electrons. The SMILES string of the molecule is CC1(C)CCCCC1NCc1cnn(CCO)c1. The molecule has 1 aromatic rings. The van der Waals surface area contributed by atoms with Gasteiger partial charge in [0.2, 0.25) is 0 Å². The summed E-state index contributed by atoms with van der Waals surface area (Å²) in [7, 11) is 0. The van der Waals surface area contributed by atoms with Crippen LogP contribution in [0.25, 0.3) is 0 Å². The van der Waals surface area contributed by atoms with Gasteiger partial charge in [-0.2, -0.15) is 5.10 Å². The second-order valence-electron chi connectivity index (χ2n) is 6.00. The lowest BCUT2D eigenvalue weighted by Crippen LogP contribution is -2.43. The number of hydrogen-bond donors (Lipinski definition) is 2. The van der Waals surface area contributed by atoms with E-state index in [1.807, 2.05) is 12.4 Å². The highest BCUT2D eigenvalue weighted by molar-refractivity contribution is 5.04. The van der Waals surface area contributed by atoms with Crippen molar-refractivity contribution >= 4 is 0 Å². The lowest BCUT2D eigenvalue weighted by atomic mass is 9.73. The van der Waals surface area contributed by atoms with Crippen molar-refractivity contribution in [2.75, 3.05) is 6.61 Å². The number of hydrogen-bond acceptors (Lipinski definition) is 3. The Bertz CT molecular complexity index is 373. The molecule has 2 rings (SSSR count). The first kappa shape index (κ1) is 13.6. The number of aliphatic hydroxyl groups is 1.